The SMILES string of the molecule is CCCCC1C(=O)NCC1C. The molecule has 0 aliphatic carbocycles. The first-order chi connectivity index (χ1) is 5.25. The zero-order valence-electron chi connectivity index (χ0n) is 7.39. The Labute approximate surface area is 68.4 Å². The first-order valence-corrected chi connectivity index (χ1v) is 4.53. The van der Waals surface area contributed by atoms with Gasteiger partial charge in [-0.05, 0) is 12.3 Å². The van der Waals surface area contributed by atoms with Crippen LogP contribution in [0.1, 0.15) is 33.1 Å². The van der Waals surface area contributed by atoms with E-state index in [0.717, 1.165) is 13.0 Å². The van der Waals surface area contributed by atoms with Crippen LogP contribution in [0.25, 0.3) is 0 Å². The fourth-order valence-electron chi connectivity index (χ4n) is 1.63. The number of nitrogens with one attached hydrogen (secondary N) is 1. The minimum atomic E-state index is 0.269. The van der Waals surface area contributed by atoms with E-state index in [2.05, 4.69) is 19.2 Å². The molecule has 1 saturated heterocycles. The van der Waals surface area contributed by atoms with Gasteiger partial charge in [-0.3, -0.25) is 4.79 Å². The molecule has 1 N–H and O–H groups in total. The molecule has 0 spiro atoms. The fourth-order valence-corrected chi connectivity index (χ4v) is 1.63. The van der Waals surface area contributed by atoms with Gasteiger partial charge in [-0.15, -0.1) is 0 Å². The summed E-state index contributed by atoms with van der Waals surface area (Å²) >= 11 is 0. The Morgan fingerprint density at radius 2 is 2.36 bits per heavy atom. The molecule has 1 amide bonds. The highest BCUT2D eigenvalue weighted by atomic mass is 16.2. The van der Waals surface area contributed by atoms with Crippen molar-refractivity contribution in [2.75, 3.05) is 6.54 Å². The van der Waals surface area contributed by atoms with Crippen molar-refractivity contribution in [2.24, 2.45) is 11.8 Å². The number of carbonyl (C=O) groups excluding carboxylic acids is 1. The second-order valence-corrected chi connectivity index (χ2v) is 3.47. The smallest absolute Gasteiger partial charge is 0.223 e. The molecule has 0 aromatic rings. The second-order valence-electron chi connectivity index (χ2n) is 3.47. The van der Waals surface area contributed by atoms with E-state index in [0.29, 0.717) is 11.8 Å². The average Bonchev–Trinajstić information content (AvgIpc) is 2.29. The summed E-state index contributed by atoms with van der Waals surface area (Å²) in [4.78, 5) is 11.2. The lowest BCUT2D eigenvalue weighted by Crippen LogP contribution is -2.19. The van der Waals surface area contributed by atoms with Gasteiger partial charge in [0.05, 0.1) is 0 Å². The van der Waals surface area contributed by atoms with Gasteiger partial charge in [-0.25, -0.2) is 0 Å². The zero-order valence-corrected chi connectivity index (χ0v) is 7.39. The Bertz CT molecular complexity index is 144. The van der Waals surface area contributed by atoms with Crippen LogP contribution in [0.3, 0.4) is 0 Å². The van der Waals surface area contributed by atoms with E-state index in [1.165, 1.54) is 12.8 Å². The molecule has 2 heteroatoms. The molecule has 0 saturated carbocycles. The van der Waals surface area contributed by atoms with Gasteiger partial charge >= 0.3 is 0 Å². The molecule has 0 aromatic carbocycles. The Balaban J connectivity index is 2.35. The quantitative estimate of drug-likeness (QED) is 0.658. The van der Waals surface area contributed by atoms with Gasteiger partial charge in [0.1, 0.15) is 0 Å². The third kappa shape index (κ3) is 1.95. The van der Waals surface area contributed by atoms with Gasteiger partial charge in [0.15, 0.2) is 0 Å². The van der Waals surface area contributed by atoms with E-state index >= 15 is 0 Å². The third-order valence-electron chi connectivity index (χ3n) is 2.49. The van der Waals surface area contributed by atoms with E-state index in [1.807, 2.05) is 0 Å². The number of unbranched alkanes of at least 4 members (excludes halogenated alkanes) is 1. The Morgan fingerprint density at radius 1 is 1.64 bits per heavy atom. The number of rotatable bonds is 3. The lowest BCUT2D eigenvalue weighted by Gasteiger charge is -2.10. The summed E-state index contributed by atoms with van der Waals surface area (Å²) in [6, 6.07) is 0. The molecular weight excluding hydrogens is 138 g/mol. The van der Waals surface area contributed by atoms with Crippen molar-refractivity contribution >= 4 is 5.91 Å². The van der Waals surface area contributed by atoms with Gasteiger partial charge in [0, 0.05) is 12.5 Å². The highest BCUT2D eigenvalue weighted by Crippen LogP contribution is 2.22. The molecule has 1 fully saturated rings. The molecule has 1 aliphatic rings. The van der Waals surface area contributed by atoms with Crippen molar-refractivity contribution in [1.82, 2.24) is 5.32 Å². The van der Waals surface area contributed by atoms with Crippen molar-refractivity contribution in [2.45, 2.75) is 33.1 Å². The lowest BCUT2D eigenvalue weighted by atomic mass is 9.92. The molecule has 2 atom stereocenters. The molecule has 1 rings (SSSR count). The van der Waals surface area contributed by atoms with Crippen LogP contribution in [0.5, 0.6) is 0 Å². The second kappa shape index (κ2) is 3.74. The number of carbonyl (C=O) groups is 1. The van der Waals surface area contributed by atoms with Gasteiger partial charge in [0.2, 0.25) is 5.91 Å². The molecule has 2 nitrogen and oxygen atoms in total. The summed E-state index contributed by atoms with van der Waals surface area (Å²) in [6.07, 6.45) is 3.45. The van der Waals surface area contributed by atoms with Crippen LogP contribution in [-0.4, -0.2) is 12.5 Å². The van der Waals surface area contributed by atoms with Crippen LogP contribution in [0.15, 0.2) is 0 Å². The summed E-state index contributed by atoms with van der Waals surface area (Å²) in [5.41, 5.74) is 0. The maximum Gasteiger partial charge on any atom is 0.223 e. The highest BCUT2D eigenvalue weighted by Gasteiger charge is 2.30. The largest absolute Gasteiger partial charge is 0.356 e. The summed E-state index contributed by atoms with van der Waals surface area (Å²) in [6.45, 7) is 5.20. The molecular formula is C9H17NO. The summed E-state index contributed by atoms with van der Waals surface area (Å²) in [7, 11) is 0. The Kier molecular flexibility index (Phi) is 2.92. The maximum atomic E-state index is 11.2. The number of amides is 1. The summed E-state index contributed by atoms with van der Waals surface area (Å²) in [5, 5.41) is 2.89. The zero-order chi connectivity index (χ0) is 8.27. The minimum Gasteiger partial charge on any atom is -0.356 e. The van der Waals surface area contributed by atoms with Crippen LogP contribution in [0.4, 0.5) is 0 Å². The molecule has 11 heavy (non-hydrogen) atoms. The van der Waals surface area contributed by atoms with Crippen molar-refractivity contribution in [3.8, 4) is 0 Å². The highest BCUT2D eigenvalue weighted by molar-refractivity contribution is 5.80. The topological polar surface area (TPSA) is 29.1 Å². The molecule has 0 radical (unpaired) electrons. The maximum absolute atomic E-state index is 11.2. The van der Waals surface area contributed by atoms with Gasteiger partial charge in [0.25, 0.3) is 0 Å². The predicted octanol–water partition coefficient (Wildman–Crippen LogP) is 1.56. The van der Waals surface area contributed by atoms with E-state index in [1.54, 1.807) is 0 Å². The molecule has 2 unspecified atom stereocenters. The number of hydrogen-bond acceptors (Lipinski definition) is 1. The molecule has 64 valence electrons. The van der Waals surface area contributed by atoms with Crippen molar-refractivity contribution in [3.63, 3.8) is 0 Å². The first-order valence-electron chi connectivity index (χ1n) is 4.53. The van der Waals surface area contributed by atoms with Crippen LogP contribution in [-0.2, 0) is 4.79 Å². The Hall–Kier alpha value is -0.530. The van der Waals surface area contributed by atoms with E-state index in [4.69, 9.17) is 0 Å². The van der Waals surface area contributed by atoms with Crippen LogP contribution in [0, 0.1) is 11.8 Å². The van der Waals surface area contributed by atoms with Crippen molar-refractivity contribution in [1.29, 1.82) is 0 Å². The normalized spacial score (nSPS) is 30.5. The van der Waals surface area contributed by atoms with Gasteiger partial charge < -0.3 is 5.32 Å². The van der Waals surface area contributed by atoms with E-state index in [-0.39, 0.29) is 5.91 Å². The van der Waals surface area contributed by atoms with Gasteiger partial charge in [-0.1, -0.05) is 26.7 Å². The molecule has 0 aromatic heterocycles. The minimum absolute atomic E-state index is 0.269. The van der Waals surface area contributed by atoms with Crippen molar-refractivity contribution < 1.29 is 4.79 Å². The van der Waals surface area contributed by atoms with E-state index in [9.17, 15) is 4.79 Å². The third-order valence-corrected chi connectivity index (χ3v) is 2.49. The van der Waals surface area contributed by atoms with Crippen LogP contribution < -0.4 is 5.32 Å². The van der Waals surface area contributed by atoms with Crippen LogP contribution in [0.2, 0.25) is 0 Å². The van der Waals surface area contributed by atoms with Crippen LogP contribution >= 0.6 is 0 Å². The number of hydrogen-bond donors (Lipinski definition) is 1. The lowest BCUT2D eigenvalue weighted by molar-refractivity contribution is -0.123. The van der Waals surface area contributed by atoms with E-state index < -0.39 is 0 Å². The summed E-state index contributed by atoms with van der Waals surface area (Å²) in [5.74, 6) is 1.12. The summed E-state index contributed by atoms with van der Waals surface area (Å²) < 4.78 is 0. The standard InChI is InChI=1S/C9H17NO/c1-3-4-5-8-7(2)6-10-9(8)11/h7-8H,3-6H2,1-2H3,(H,10,11). The van der Waals surface area contributed by atoms with Crippen molar-refractivity contribution in [3.05, 3.63) is 0 Å². The molecule has 0 bridgehead atoms. The average molecular weight is 155 g/mol. The molecule has 1 aliphatic heterocycles. The predicted molar refractivity (Wildman–Crippen MR) is 45.2 cm³/mol. The first kappa shape index (κ1) is 8.57. The monoisotopic (exact) mass is 155 g/mol. The molecule has 1 heterocycles. The van der Waals surface area contributed by atoms with Gasteiger partial charge in [-0.2, -0.15) is 0 Å². The Morgan fingerprint density at radius 3 is 2.82 bits per heavy atom. The fraction of sp³-hybridized carbons (Fsp3) is 0.889.